The molecule has 4 heteroatoms. The number of halogens is 2. The number of rotatable bonds is 0. The second-order valence-electron chi connectivity index (χ2n) is 1.02. The molecule has 0 atom stereocenters. The third-order valence-corrected chi connectivity index (χ3v) is 0.566. The van der Waals surface area contributed by atoms with Gasteiger partial charge in [0.15, 0.2) is 0 Å². The Morgan fingerprint density at radius 2 is 1.18 bits per heavy atom. The van der Waals surface area contributed by atoms with Gasteiger partial charge < -0.3 is 34.0 Å². The van der Waals surface area contributed by atoms with Crippen LogP contribution in [0.1, 0.15) is 0 Å². The Balaban J connectivity index is -0.0000000459. The van der Waals surface area contributed by atoms with E-state index in [1.165, 1.54) is 0 Å². The van der Waals surface area contributed by atoms with Crippen molar-refractivity contribution in [3.05, 3.63) is 43.8 Å². The number of hydrogen-bond donors (Lipinski definition) is 0. The molecule has 1 aromatic rings. The maximum absolute atomic E-state index is 3.78. The molecule has 1 rings (SSSR count). The number of hydrogen-bond acceptors (Lipinski definition) is 1. The van der Waals surface area contributed by atoms with Crippen molar-refractivity contribution in [2.45, 2.75) is 0 Å². The zero-order valence-electron chi connectivity index (χ0n) is 5.82. The predicted molar refractivity (Wildman–Crippen MR) is 35.5 cm³/mol. The molecule has 1 nitrogen and oxygen atoms in total. The summed E-state index contributed by atoms with van der Waals surface area (Å²) >= 11 is 0. The van der Waals surface area contributed by atoms with Gasteiger partial charge in [-0.1, -0.05) is 6.07 Å². The van der Waals surface area contributed by atoms with Crippen molar-refractivity contribution in [3.63, 3.8) is 0 Å². The Morgan fingerprint density at radius 1 is 0.818 bits per heavy atom. The quantitative estimate of drug-likeness (QED) is 0.358. The van der Waals surface area contributed by atoms with Gasteiger partial charge in [0.25, 0.3) is 0 Å². The summed E-state index contributed by atoms with van der Waals surface area (Å²) in [6.45, 7) is 6.00. The van der Waals surface area contributed by atoms with Crippen LogP contribution in [0.4, 0.5) is 0 Å². The van der Waals surface area contributed by atoms with Crippen LogP contribution in [0.15, 0.2) is 43.8 Å². The van der Waals surface area contributed by atoms with Crippen LogP contribution in [0.2, 0.25) is 0 Å². The van der Waals surface area contributed by atoms with Gasteiger partial charge in [-0.3, -0.25) is 4.98 Å². The predicted octanol–water partition coefficient (Wildman–Crippen LogP) is -4.11. The maximum Gasteiger partial charge on any atom is 2.00 e. The summed E-state index contributed by atoms with van der Waals surface area (Å²) in [5.41, 5.74) is 0. The molecule has 0 spiro atoms. The summed E-state index contributed by atoms with van der Waals surface area (Å²) in [5, 5.41) is 0. The first-order chi connectivity index (χ1) is 4.00. The summed E-state index contributed by atoms with van der Waals surface area (Å²) in [4.78, 5) is 3.78. The molecule has 66 valence electrons. The summed E-state index contributed by atoms with van der Waals surface area (Å²) in [6.07, 6.45) is 3.50. The minimum atomic E-state index is 0. The van der Waals surface area contributed by atoms with Crippen molar-refractivity contribution in [1.82, 2.24) is 4.98 Å². The second kappa shape index (κ2) is 22.4. The van der Waals surface area contributed by atoms with Gasteiger partial charge in [0.1, 0.15) is 0 Å². The summed E-state index contributed by atoms with van der Waals surface area (Å²) in [7, 11) is 0. The normalized spacial score (nSPS) is 4.73. The number of pyridine rings is 1. The van der Waals surface area contributed by atoms with Crippen LogP contribution in [0, 0.1) is 0 Å². The van der Waals surface area contributed by atoms with Gasteiger partial charge >= 0.3 is 21.1 Å². The van der Waals surface area contributed by atoms with Crippen molar-refractivity contribution in [2.24, 2.45) is 0 Å². The molecule has 0 fully saturated rings. The third-order valence-electron chi connectivity index (χ3n) is 0.566. The van der Waals surface area contributed by atoms with Crippen molar-refractivity contribution >= 4 is 0 Å². The molecule has 1 heterocycles. The first-order valence-corrected chi connectivity index (χ1v) is 2.35. The van der Waals surface area contributed by atoms with Crippen molar-refractivity contribution < 1.29 is 55.0 Å². The Kier molecular flexibility index (Phi) is 46.0. The molecule has 0 aromatic carbocycles. The molecule has 0 saturated heterocycles. The average molecular weight is 462 g/mol. The smallest absolute Gasteiger partial charge is 1.00 e. The zero-order valence-corrected chi connectivity index (χ0v) is 11.3. The summed E-state index contributed by atoms with van der Waals surface area (Å²) in [5.74, 6) is 0. The van der Waals surface area contributed by atoms with E-state index in [1.54, 1.807) is 12.4 Å². The van der Waals surface area contributed by atoms with E-state index in [9.17, 15) is 0 Å². The van der Waals surface area contributed by atoms with Crippen molar-refractivity contribution in [2.75, 3.05) is 0 Å². The topological polar surface area (TPSA) is 12.9 Å². The monoisotopic (exact) mass is 460 g/mol. The standard InChI is InChI=1S/C5H5N.C2H4.2BrH.Pt/c1-2-4-6-5-3-1;1-2;;;/h1-5H;1-2H2;2*1H;/q;;;;+2/p-2. The van der Waals surface area contributed by atoms with Crippen LogP contribution in [-0.2, 0) is 21.1 Å². The third kappa shape index (κ3) is 18.0. The van der Waals surface area contributed by atoms with E-state index in [1.807, 2.05) is 18.2 Å². The molecule has 0 aliphatic heterocycles. The fourth-order valence-corrected chi connectivity index (χ4v) is 0.313. The molecule has 0 aliphatic rings. The van der Waals surface area contributed by atoms with Crippen LogP contribution >= 0.6 is 0 Å². The van der Waals surface area contributed by atoms with E-state index in [0.717, 1.165) is 0 Å². The van der Waals surface area contributed by atoms with E-state index < -0.39 is 0 Å². The fourth-order valence-electron chi connectivity index (χ4n) is 0.313. The minimum absolute atomic E-state index is 0. The van der Waals surface area contributed by atoms with Gasteiger partial charge in [-0.2, -0.15) is 0 Å². The van der Waals surface area contributed by atoms with E-state index >= 15 is 0 Å². The molecule has 0 bridgehead atoms. The number of nitrogens with zero attached hydrogens (tertiary/aromatic N) is 1. The molecule has 1 aromatic heterocycles. The molecule has 11 heavy (non-hydrogen) atoms. The second-order valence-corrected chi connectivity index (χ2v) is 1.02. The van der Waals surface area contributed by atoms with Gasteiger partial charge in [-0.15, -0.1) is 13.2 Å². The molecule has 0 amide bonds. The maximum atomic E-state index is 3.78. The first-order valence-electron chi connectivity index (χ1n) is 2.35. The van der Waals surface area contributed by atoms with Crippen LogP contribution in [-0.4, -0.2) is 4.98 Å². The van der Waals surface area contributed by atoms with Gasteiger partial charge in [-0.25, -0.2) is 0 Å². The molecular formula is C7H9Br2NPt. The Hall–Kier alpha value is 0.538. The average Bonchev–Trinajstić information content (AvgIpc) is 1.96. The number of aromatic nitrogens is 1. The summed E-state index contributed by atoms with van der Waals surface area (Å²) in [6, 6.07) is 5.72. The molecule has 0 N–H and O–H groups in total. The van der Waals surface area contributed by atoms with Crippen LogP contribution in [0.5, 0.6) is 0 Å². The Labute approximate surface area is 103 Å². The first kappa shape index (κ1) is 22.5. The molecule has 0 aliphatic carbocycles. The molecule has 0 unspecified atom stereocenters. The minimum Gasteiger partial charge on any atom is -1.00 e. The molecule has 0 saturated carbocycles. The van der Waals surface area contributed by atoms with Gasteiger partial charge in [-0.05, 0) is 12.1 Å². The van der Waals surface area contributed by atoms with E-state index in [2.05, 4.69) is 18.1 Å². The van der Waals surface area contributed by atoms with Gasteiger partial charge in [0, 0.05) is 12.4 Å². The molecular weight excluding hydrogens is 453 g/mol. The van der Waals surface area contributed by atoms with Crippen LogP contribution in [0.3, 0.4) is 0 Å². The van der Waals surface area contributed by atoms with E-state index in [-0.39, 0.29) is 55.0 Å². The van der Waals surface area contributed by atoms with E-state index in [4.69, 9.17) is 0 Å². The largest absolute Gasteiger partial charge is 2.00 e. The SMILES string of the molecule is C=C.[Br-].[Br-].[Pt+2].c1ccncc1. The zero-order chi connectivity index (χ0) is 6.24. The Bertz CT molecular complexity index is 99.3. The molecule has 0 radical (unpaired) electrons. The van der Waals surface area contributed by atoms with Gasteiger partial charge in [0.05, 0.1) is 0 Å². The fraction of sp³-hybridized carbons (Fsp3) is 0. The Morgan fingerprint density at radius 3 is 1.27 bits per heavy atom. The van der Waals surface area contributed by atoms with Crippen molar-refractivity contribution in [1.29, 1.82) is 0 Å². The van der Waals surface area contributed by atoms with Crippen LogP contribution < -0.4 is 34.0 Å². The van der Waals surface area contributed by atoms with E-state index in [0.29, 0.717) is 0 Å². The van der Waals surface area contributed by atoms with Crippen molar-refractivity contribution in [3.8, 4) is 0 Å². The summed E-state index contributed by atoms with van der Waals surface area (Å²) < 4.78 is 0. The van der Waals surface area contributed by atoms with Crippen LogP contribution in [0.25, 0.3) is 0 Å². The van der Waals surface area contributed by atoms with Gasteiger partial charge in [0.2, 0.25) is 0 Å².